The molecule has 0 spiro atoms. The van der Waals surface area contributed by atoms with Gasteiger partial charge in [0.25, 0.3) is 0 Å². The highest BCUT2D eigenvalue weighted by Gasteiger charge is 2.13. The van der Waals surface area contributed by atoms with Crippen LogP contribution in [0.1, 0.15) is 11.1 Å². The Labute approximate surface area is 250 Å². The van der Waals surface area contributed by atoms with Crippen molar-refractivity contribution in [2.75, 3.05) is 35.4 Å². The third-order valence-electron chi connectivity index (χ3n) is 6.78. The maximum atomic E-state index is 13.2. The summed E-state index contributed by atoms with van der Waals surface area (Å²) in [5.41, 5.74) is 5.38. The molecule has 220 valence electrons. The van der Waals surface area contributed by atoms with Gasteiger partial charge in [0.05, 0.1) is 16.8 Å². The lowest BCUT2D eigenvalue weighted by Crippen LogP contribution is -2.23. The van der Waals surface area contributed by atoms with Crippen molar-refractivity contribution in [2.24, 2.45) is 7.05 Å². The zero-order valence-corrected chi connectivity index (χ0v) is 25.0. The molecule has 2 heterocycles. The van der Waals surface area contributed by atoms with Crippen molar-refractivity contribution in [1.29, 1.82) is 0 Å². The Bertz CT molecular complexity index is 1760. The van der Waals surface area contributed by atoms with Crippen molar-refractivity contribution in [3.63, 3.8) is 0 Å². The average Bonchev–Trinajstić information content (AvgIpc) is 3.30. The number of aromatic nitrogens is 4. The molecule has 0 saturated carbocycles. The van der Waals surface area contributed by atoms with Gasteiger partial charge in [0.15, 0.2) is 0 Å². The van der Waals surface area contributed by atoms with Crippen LogP contribution < -0.4 is 20.3 Å². The SMILES string of the molecule is CNS(=O)(=O)CCc1ccc(Nc2nccc(N(C)c3ccc4c(c3)nc(NCc3ccc(F)cc3)n4C)n2)cc1.Cl. The Morgan fingerprint density at radius 1 is 0.952 bits per heavy atom. The predicted octanol–water partition coefficient (Wildman–Crippen LogP) is 5.14. The molecule has 0 saturated heterocycles. The summed E-state index contributed by atoms with van der Waals surface area (Å²) in [5, 5.41) is 6.53. The smallest absolute Gasteiger partial charge is 0.229 e. The Kier molecular flexibility index (Phi) is 9.61. The van der Waals surface area contributed by atoms with Crippen molar-refractivity contribution >= 4 is 62.6 Å². The Morgan fingerprint density at radius 2 is 1.67 bits per heavy atom. The van der Waals surface area contributed by atoms with Crippen LogP contribution in [0.5, 0.6) is 0 Å². The van der Waals surface area contributed by atoms with Crippen LogP contribution >= 0.6 is 12.4 Å². The highest BCUT2D eigenvalue weighted by atomic mass is 35.5. The first kappa shape index (κ1) is 30.7. The summed E-state index contributed by atoms with van der Waals surface area (Å²) in [5.74, 6) is 1.62. The van der Waals surface area contributed by atoms with Gasteiger partial charge in [0, 0.05) is 38.2 Å². The van der Waals surface area contributed by atoms with Crippen LogP contribution in [0.2, 0.25) is 0 Å². The number of anilines is 5. The molecule has 0 amide bonds. The fourth-order valence-corrected chi connectivity index (χ4v) is 5.01. The number of aryl methyl sites for hydroxylation is 2. The molecule has 5 rings (SSSR count). The van der Waals surface area contributed by atoms with Crippen molar-refractivity contribution in [2.45, 2.75) is 13.0 Å². The summed E-state index contributed by atoms with van der Waals surface area (Å²) in [4.78, 5) is 15.7. The summed E-state index contributed by atoms with van der Waals surface area (Å²) >= 11 is 0. The van der Waals surface area contributed by atoms with E-state index >= 15 is 0 Å². The maximum absolute atomic E-state index is 13.2. The Hall–Kier alpha value is -4.26. The lowest BCUT2D eigenvalue weighted by Gasteiger charge is -2.19. The normalized spacial score (nSPS) is 11.2. The van der Waals surface area contributed by atoms with Gasteiger partial charge in [0.1, 0.15) is 11.6 Å². The van der Waals surface area contributed by atoms with E-state index in [4.69, 9.17) is 4.98 Å². The summed E-state index contributed by atoms with van der Waals surface area (Å²) in [7, 11) is 2.04. The fourth-order valence-electron chi connectivity index (χ4n) is 4.30. The maximum Gasteiger partial charge on any atom is 0.229 e. The average molecular weight is 611 g/mol. The zero-order chi connectivity index (χ0) is 29.0. The second kappa shape index (κ2) is 13.1. The molecule has 0 fully saturated rings. The third kappa shape index (κ3) is 7.32. The summed E-state index contributed by atoms with van der Waals surface area (Å²) < 4.78 is 40.9. The van der Waals surface area contributed by atoms with Crippen LogP contribution in [0, 0.1) is 5.82 Å². The molecular formula is C29H32ClFN8O2S. The van der Waals surface area contributed by atoms with E-state index in [9.17, 15) is 12.8 Å². The predicted molar refractivity (Wildman–Crippen MR) is 168 cm³/mol. The number of fused-ring (bicyclic) bond motifs is 1. The molecule has 0 aliphatic heterocycles. The number of rotatable bonds is 11. The van der Waals surface area contributed by atoms with Crippen molar-refractivity contribution in [1.82, 2.24) is 24.2 Å². The number of nitrogens with zero attached hydrogens (tertiary/aromatic N) is 5. The lowest BCUT2D eigenvalue weighted by molar-refractivity contribution is 0.587. The van der Waals surface area contributed by atoms with Gasteiger partial charge in [-0.05, 0) is 73.1 Å². The minimum Gasteiger partial charge on any atom is -0.352 e. The second-order valence-electron chi connectivity index (χ2n) is 9.54. The number of nitrogens with one attached hydrogen (secondary N) is 3. The zero-order valence-electron chi connectivity index (χ0n) is 23.4. The van der Waals surface area contributed by atoms with Gasteiger partial charge in [-0.15, -0.1) is 12.4 Å². The van der Waals surface area contributed by atoms with Gasteiger partial charge in [-0.25, -0.2) is 27.5 Å². The molecular weight excluding hydrogens is 579 g/mol. The van der Waals surface area contributed by atoms with Gasteiger partial charge in [0.2, 0.25) is 21.9 Å². The van der Waals surface area contributed by atoms with Gasteiger partial charge < -0.3 is 20.1 Å². The molecule has 2 aromatic heterocycles. The third-order valence-corrected chi connectivity index (χ3v) is 8.14. The molecule has 0 aliphatic carbocycles. The van der Waals surface area contributed by atoms with Gasteiger partial charge in [-0.1, -0.05) is 24.3 Å². The Morgan fingerprint density at radius 3 is 2.38 bits per heavy atom. The number of hydrogen-bond acceptors (Lipinski definition) is 8. The van der Waals surface area contributed by atoms with Crippen LogP contribution in [0.25, 0.3) is 11.0 Å². The minimum atomic E-state index is -3.25. The molecule has 13 heteroatoms. The molecule has 3 aromatic carbocycles. The minimum absolute atomic E-state index is 0. The molecule has 0 aliphatic rings. The van der Waals surface area contributed by atoms with E-state index in [1.165, 1.54) is 19.2 Å². The molecule has 5 aromatic rings. The standard InChI is InChI=1S/C29H31FN8O2S.ClH/c1-31-41(39,40)17-15-20-6-10-23(11-7-20)34-28-32-16-14-27(36-28)37(2)24-12-13-26-25(18-24)35-29(38(26)3)33-19-21-4-8-22(30)9-5-21;/h4-14,16,18,31H,15,17,19H2,1-3H3,(H,33,35)(H,32,34,36);1H. The molecule has 42 heavy (non-hydrogen) atoms. The van der Waals surface area contributed by atoms with Gasteiger partial charge in [-0.3, -0.25) is 0 Å². The van der Waals surface area contributed by atoms with Gasteiger partial charge >= 0.3 is 0 Å². The highest BCUT2D eigenvalue weighted by molar-refractivity contribution is 7.89. The molecule has 0 bridgehead atoms. The highest BCUT2D eigenvalue weighted by Crippen LogP contribution is 2.28. The van der Waals surface area contributed by atoms with Crippen molar-refractivity contribution < 1.29 is 12.8 Å². The van der Waals surface area contributed by atoms with Crippen molar-refractivity contribution in [3.05, 3.63) is 95.9 Å². The molecule has 0 unspecified atom stereocenters. The quantitative estimate of drug-likeness (QED) is 0.188. The monoisotopic (exact) mass is 610 g/mol. The fraction of sp³-hybridized carbons (Fsp3) is 0.207. The van der Waals surface area contributed by atoms with E-state index in [0.717, 1.165) is 33.5 Å². The van der Waals surface area contributed by atoms with Crippen LogP contribution in [-0.4, -0.2) is 47.8 Å². The summed E-state index contributed by atoms with van der Waals surface area (Å²) in [6.07, 6.45) is 2.11. The Balaban J connectivity index is 0.00000405. The first-order chi connectivity index (χ1) is 19.7. The summed E-state index contributed by atoms with van der Waals surface area (Å²) in [6.45, 7) is 0.530. The molecule has 3 N–H and O–H groups in total. The first-order valence-corrected chi connectivity index (χ1v) is 14.6. The van der Waals surface area contributed by atoms with Crippen LogP contribution in [0.15, 0.2) is 79.0 Å². The number of halogens is 2. The first-order valence-electron chi connectivity index (χ1n) is 13.0. The largest absolute Gasteiger partial charge is 0.352 e. The van der Waals surface area contributed by atoms with Gasteiger partial charge in [-0.2, -0.15) is 4.98 Å². The molecule has 0 atom stereocenters. The number of imidazole rings is 1. The molecule has 10 nitrogen and oxygen atoms in total. The molecule has 0 radical (unpaired) electrons. The topological polar surface area (TPSA) is 117 Å². The van der Waals surface area contributed by atoms with Crippen LogP contribution in [0.3, 0.4) is 0 Å². The van der Waals surface area contributed by atoms with Crippen molar-refractivity contribution in [3.8, 4) is 0 Å². The van der Waals surface area contributed by atoms with E-state index in [1.54, 1.807) is 18.3 Å². The number of hydrogen-bond donors (Lipinski definition) is 3. The van der Waals surface area contributed by atoms with Crippen LogP contribution in [-0.2, 0) is 30.0 Å². The van der Waals surface area contributed by atoms with Crippen LogP contribution in [0.4, 0.5) is 33.5 Å². The van der Waals surface area contributed by atoms with E-state index in [0.29, 0.717) is 30.7 Å². The van der Waals surface area contributed by atoms with E-state index in [2.05, 4.69) is 25.3 Å². The second-order valence-corrected chi connectivity index (χ2v) is 11.6. The van der Waals surface area contributed by atoms with E-state index < -0.39 is 10.0 Å². The summed E-state index contributed by atoms with van der Waals surface area (Å²) in [6, 6.07) is 21.8. The number of benzene rings is 3. The lowest BCUT2D eigenvalue weighted by atomic mass is 10.1. The number of sulfonamides is 1. The van der Waals surface area contributed by atoms with E-state index in [-0.39, 0.29) is 24.0 Å². The van der Waals surface area contributed by atoms with E-state index in [1.807, 2.05) is 72.1 Å².